The van der Waals surface area contributed by atoms with Crippen molar-refractivity contribution < 1.29 is 19.1 Å². The van der Waals surface area contributed by atoms with E-state index in [4.69, 9.17) is 19.5 Å². The van der Waals surface area contributed by atoms with E-state index in [0.29, 0.717) is 18.1 Å². The largest absolute Gasteiger partial charge is 0.493 e. The number of piperidine rings is 1. The fourth-order valence-electron chi connectivity index (χ4n) is 6.59. The number of amides is 1. The molecule has 0 spiro atoms. The molecule has 2 atom stereocenters. The van der Waals surface area contributed by atoms with E-state index in [1.165, 1.54) is 16.7 Å². The highest BCUT2D eigenvalue weighted by atomic mass is 16.6. The maximum atomic E-state index is 13.0. The number of hydrogen-bond donors (Lipinski definition) is 0. The third-order valence-corrected chi connectivity index (χ3v) is 9.05. The van der Waals surface area contributed by atoms with Crippen LogP contribution in [0.15, 0.2) is 71.9 Å². The second kappa shape index (κ2) is 13.2. The number of nitrogens with zero attached hydrogens (tertiary/aromatic N) is 4. The smallest absolute Gasteiger partial charge is 0.260 e. The van der Waals surface area contributed by atoms with Crippen molar-refractivity contribution >= 4 is 11.6 Å². The van der Waals surface area contributed by atoms with Crippen LogP contribution in [0.25, 0.3) is 0 Å². The van der Waals surface area contributed by atoms with E-state index < -0.39 is 0 Å². The van der Waals surface area contributed by atoms with E-state index in [2.05, 4.69) is 66.2 Å². The van der Waals surface area contributed by atoms with E-state index in [1.54, 1.807) is 7.11 Å². The molecule has 2 saturated heterocycles. The first kappa shape index (κ1) is 29.2. The maximum Gasteiger partial charge on any atom is 0.260 e. The number of oxime groups is 1. The van der Waals surface area contributed by atoms with Crippen LogP contribution in [0.2, 0.25) is 0 Å². The van der Waals surface area contributed by atoms with Gasteiger partial charge >= 0.3 is 0 Å². The van der Waals surface area contributed by atoms with Crippen molar-refractivity contribution in [1.82, 2.24) is 14.7 Å². The van der Waals surface area contributed by atoms with Crippen LogP contribution in [0.3, 0.4) is 0 Å². The van der Waals surface area contributed by atoms with Crippen molar-refractivity contribution in [3.05, 3.63) is 94.5 Å². The Balaban J connectivity index is 1.25. The summed E-state index contributed by atoms with van der Waals surface area (Å²) in [5.74, 6) is 1.55. The van der Waals surface area contributed by atoms with Crippen LogP contribution in [-0.4, -0.2) is 86.4 Å². The molecule has 3 aromatic rings. The quantitative estimate of drug-likeness (QED) is 0.355. The first-order chi connectivity index (χ1) is 21.0. The van der Waals surface area contributed by atoms with Gasteiger partial charge in [0.2, 0.25) is 0 Å². The first-order valence-electron chi connectivity index (χ1n) is 15.3. The summed E-state index contributed by atoms with van der Waals surface area (Å²) in [5, 5.41) is 4.78. The minimum atomic E-state index is 0.0143. The average molecular weight is 583 g/mol. The van der Waals surface area contributed by atoms with E-state index in [-0.39, 0.29) is 24.5 Å². The normalized spacial score (nSPS) is 21.7. The van der Waals surface area contributed by atoms with Gasteiger partial charge in [0, 0.05) is 63.2 Å². The molecule has 3 heterocycles. The van der Waals surface area contributed by atoms with Crippen LogP contribution in [0.1, 0.15) is 46.2 Å². The molecular weight excluding hydrogens is 540 g/mol. The average Bonchev–Trinajstić information content (AvgIpc) is 3.03. The zero-order valence-electron chi connectivity index (χ0n) is 25.5. The number of carbonyl (C=O) groups excluding carboxylic acids is 1. The van der Waals surface area contributed by atoms with E-state index >= 15 is 0 Å². The molecule has 0 radical (unpaired) electrons. The highest BCUT2D eigenvalue weighted by Crippen LogP contribution is 2.45. The predicted octanol–water partition coefficient (Wildman–Crippen LogP) is 4.82. The molecule has 43 heavy (non-hydrogen) atoms. The number of piperazine rings is 1. The van der Waals surface area contributed by atoms with Gasteiger partial charge in [-0.15, -0.1) is 0 Å². The van der Waals surface area contributed by atoms with Crippen molar-refractivity contribution in [3.8, 4) is 11.5 Å². The molecule has 8 heteroatoms. The van der Waals surface area contributed by atoms with Crippen LogP contribution in [0.5, 0.6) is 11.5 Å². The zero-order chi connectivity index (χ0) is 29.8. The number of benzene rings is 3. The monoisotopic (exact) mass is 582 g/mol. The van der Waals surface area contributed by atoms with Gasteiger partial charge in [0.25, 0.3) is 5.91 Å². The van der Waals surface area contributed by atoms with Crippen LogP contribution in [0.4, 0.5) is 0 Å². The van der Waals surface area contributed by atoms with Crippen molar-refractivity contribution in [2.75, 3.05) is 60.0 Å². The number of fused-ring (bicyclic) bond motifs is 3. The van der Waals surface area contributed by atoms with Crippen molar-refractivity contribution in [2.45, 2.75) is 38.3 Å². The maximum absolute atomic E-state index is 13.0. The lowest BCUT2D eigenvalue weighted by Gasteiger charge is -2.44. The number of rotatable bonds is 8. The summed E-state index contributed by atoms with van der Waals surface area (Å²) in [7, 11) is 3.75. The molecule has 3 aliphatic heterocycles. The summed E-state index contributed by atoms with van der Waals surface area (Å²) in [5.41, 5.74) is 7.01. The van der Waals surface area contributed by atoms with Gasteiger partial charge in [-0.05, 0) is 43.1 Å². The van der Waals surface area contributed by atoms with Gasteiger partial charge in [0.1, 0.15) is 6.61 Å². The van der Waals surface area contributed by atoms with Gasteiger partial charge in [0.15, 0.2) is 18.1 Å². The highest BCUT2D eigenvalue weighted by Gasteiger charge is 2.39. The molecule has 8 nitrogen and oxygen atoms in total. The lowest BCUT2D eigenvalue weighted by molar-refractivity contribution is -0.134. The number of aryl methyl sites for hydroxylation is 1. The molecule has 0 N–H and O–H groups in total. The van der Waals surface area contributed by atoms with Gasteiger partial charge < -0.3 is 24.1 Å². The molecule has 0 aliphatic carbocycles. The zero-order valence-corrected chi connectivity index (χ0v) is 25.5. The third kappa shape index (κ3) is 6.55. The van der Waals surface area contributed by atoms with Crippen LogP contribution in [0, 0.1) is 6.92 Å². The Bertz CT molecular complexity index is 1450. The molecule has 3 aliphatic rings. The third-order valence-electron chi connectivity index (χ3n) is 9.05. The topological polar surface area (TPSA) is 66.8 Å². The van der Waals surface area contributed by atoms with Gasteiger partial charge in [-0.25, -0.2) is 0 Å². The summed E-state index contributed by atoms with van der Waals surface area (Å²) in [6.07, 6.45) is 1.59. The Morgan fingerprint density at radius 1 is 0.977 bits per heavy atom. The number of ether oxygens (including phenoxy) is 2. The van der Waals surface area contributed by atoms with Crippen LogP contribution in [-0.2, 0) is 22.7 Å². The number of hydrogen-bond acceptors (Lipinski definition) is 7. The molecule has 6 rings (SSSR count). The number of carbonyl (C=O) groups is 1. The Hall–Kier alpha value is -3.88. The molecule has 1 amide bonds. The first-order valence-corrected chi connectivity index (χ1v) is 15.3. The van der Waals surface area contributed by atoms with Crippen molar-refractivity contribution in [2.24, 2.45) is 5.16 Å². The second-order valence-electron chi connectivity index (χ2n) is 11.9. The minimum absolute atomic E-state index is 0.0143. The summed E-state index contributed by atoms with van der Waals surface area (Å²) in [6, 6.07) is 23.2. The second-order valence-corrected chi connectivity index (χ2v) is 11.9. The van der Waals surface area contributed by atoms with E-state index in [9.17, 15) is 4.79 Å². The SMILES string of the molecule is COc1ccc2c(c1OCC(=O)N1CCN(C)CC1)CCN1CC(c3cccc(C)c3)C(=NOCc3ccccc3)CC21. The summed E-state index contributed by atoms with van der Waals surface area (Å²) < 4.78 is 12.0. The molecule has 2 unspecified atom stereocenters. The molecule has 0 aromatic heterocycles. The molecule has 0 bridgehead atoms. The molecule has 226 valence electrons. The Labute approximate surface area is 254 Å². The minimum Gasteiger partial charge on any atom is -0.493 e. The van der Waals surface area contributed by atoms with E-state index in [1.807, 2.05) is 29.2 Å². The number of likely N-dealkylation sites (N-methyl/N-ethyl adjacent to an activating group) is 1. The van der Waals surface area contributed by atoms with Gasteiger partial charge in [-0.3, -0.25) is 9.69 Å². The fraction of sp³-hybridized carbons (Fsp3) is 0.429. The summed E-state index contributed by atoms with van der Waals surface area (Å²) >= 11 is 0. The highest BCUT2D eigenvalue weighted by molar-refractivity contribution is 5.92. The molecule has 3 aromatic carbocycles. The van der Waals surface area contributed by atoms with Crippen molar-refractivity contribution in [1.29, 1.82) is 0 Å². The summed E-state index contributed by atoms with van der Waals surface area (Å²) in [6.45, 7) is 7.59. The molecular formula is C35H42N4O4. The summed E-state index contributed by atoms with van der Waals surface area (Å²) in [4.78, 5) is 25.7. The molecule has 0 saturated carbocycles. The Morgan fingerprint density at radius 3 is 2.56 bits per heavy atom. The lowest BCUT2D eigenvalue weighted by Crippen LogP contribution is -2.48. The van der Waals surface area contributed by atoms with Crippen LogP contribution < -0.4 is 9.47 Å². The Morgan fingerprint density at radius 2 is 1.79 bits per heavy atom. The van der Waals surface area contributed by atoms with Crippen molar-refractivity contribution in [3.63, 3.8) is 0 Å². The van der Waals surface area contributed by atoms with Crippen LogP contribution >= 0.6 is 0 Å². The van der Waals surface area contributed by atoms with Gasteiger partial charge in [-0.2, -0.15) is 0 Å². The van der Waals surface area contributed by atoms with E-state index in [0.717, 1.165) is 68.9 Å². The molecule has 2 fully saturated rings. The standard InChI is InChI=1S/C35H42N4O4/c1-25-8-7-11-27(20-25)30-22-39-15-14-29-28(32(39)21-31(30)36-43-23-26-9-5-4-6-10-26)12-13-33(41-3)35(29)42-24-34(40)38-18-16-37(2)17-19-38/h4-13,20,30,32H,14-19,21-24H2,1-3H3. The Kier molecular flexibility index (Phi) is 8.95. The van der Waals surface area contributed by atoms with Gasteiger partial charge in [0.05, 0.1) is 12.8 Å². The lowest BCUT2D eigenvalue weighted by atomic mass is 9.79. The van der Waals surface area contributed by atoms with Gasteiger partial charge in [-0.1, -0.05) is 71.4 Å². The fourth-order valence-corrected chi connectivity index (χ4v) is 6.59. The number of methoxy groups -OCH3 is 1. The predicted molar refractivity (Wildman–Crippen MR) is 168 cm³/mol.